The summed E-state index contributed by atoms with van der Waals surface area (Å²) in [6.45, 7) is 6.78. The Morgan fingerprint density at radius 3 is 2.60 bits per heavy atom. The van der Waals surface area contributed by atoms with Gasteiger partial charge < -0.3 is 11.1 Å². The third-order valence-electron chi connectivity index (χ3n) is 2.24. The number of aromatic nitrogens is 2. The summed E-state index contributed by atoms with van der Waals surface area (Å²) in [7, 11) is 0. The molecule has 0 amide bonds. The van der Waals surface area contributed by atoms with Gasteiger partial charge in [-0.1, -0.05) is 19.1 Å². The van der Waals surface area contributed by atoms with E-state index in [-0.39, 0.29) is 0 Å². The standard InChI is InChI=1S/C10H16N4S/c1-4-5-12-10-8(9(11)15)6(2)7(3)13-14-10/h4-5H2,1-3H3,(H2,11,15)(H,12,14). The van der Waals surface area contributed by atoms with Crippen LogP contribution < -0.4 is 11.1 Å². The van der Waals surface area contributed by atoms with E-state index in [1.807, 2.05) is 13.8 Å². The van der Waals surface area contributed by atoms with Gasteiger partial charge in [0.2, 0.25) is 0 Å². The number of anilines is 1. The molecule has 1 aromatic heterocycles. The average molecular weight is 224 g/mol. The van der Waals surface area contributed by atoms with Crippen LogP contribution in [-0.4, -0.2) is 21.7 Å². The number of nitrogens with two attached hydrogens (primary N) is 1. The van der Waals surface area contributed by atoms with Gasteiger partial charge in [0, 0.05) is 6.54 Å². The van der Waals surface area contributed by atoms with Crippen LogP contribution >= 0.6 is 12.2 Å². The summed E-state index contributed by atoms with van der Waals surface area (Å²) in [5, 5.41) is 11.3. The van der Waals surface area contributed by atoms with E-state index >= 15 is 0 Å². The Kier molecular flexibility index (Phi) is 3.96. The van der Waals surface area contributed by atoms with Crippen LogP contribution in [0.4, 0.5) is 5.82 Å². The molecule has 15 heavy (non-hydrogen) atoms. The Balaban J connectivity index is 3.15. The summed E-state index contributed by atoms with van der Waals surface area (Å²) in [5.74, 6) is 0.687. The molecule has 1 aromatic rings. The number of aryl methyl sites for hydroxylation is 1. The van der Waals surface area contributed by atoms with Crippen LogP contribution in [0, 0.1) is 13.8 Å². The first-order valence-electron chi connectivity index (χ1n) is 4.95. The van der Waals surface area contributed by atoms with Crippen molar-refractivity contribution in [1.82, 2.24) is 10.2 Å². The van der Waals surface area contributed by atoms with Crippen LogP contribution in [0.1, 0.15) is 30.2 Å². The van der Waals surface area contributed by atoms with E-state index in [4.69, 9.17) is 18.0 Å². The van der Waals surface area contributed by atoms with Crippen molar-refractivity contribution in [3.05, 3.63) is 16.8 Å². The molecule has 5 heteroatoms. The van der Waals surface area contributed by atoms with Crippen LogP contribution in [0.3, 0.4) is 0 Å². The molecule has 82 valence electrons. The van der Waals surface area contributed by atoms with Gasteiger partial charge in [0.1, 0.15) is 4.99 Å². The molecule has 0 aliphatic rings. The molecule has 0 bridgehead atoms. The lowest BCUT2D eigenvalue weighted by molar-refractivity contribution is 0.917. The third-order valence-corrected chi connectivity index (χ3v) is 2.45. The summed E-state index contributed by atoms with van der Waals surface area (Å²) in [5.41, 5.74) is 8.35. The first-order valence-corrected chi connectivity index (χ1v) is 5.36. The van der Waals surface area contributed by atoms with Crippen molar-refractivity contribution in [3.63, 3.8) is 0 Å². The van der Waals surface area contributed by atoms with Crippen LogP contribution in [0.25, 0.3) is 0 Å². The predicted octanol–water partition coefficient (Wildman–Crippen LogP) is 1.55. The van der Waals surface area contributed by atoms with Crippen LogP contribution in [0.15, 0.2) is 0 Å². The lowest BCUT2D eigenvalue weighted by Gasteiger charge is -2.12. The Labute approximate surface area is 95.3 Å². The first-order chi connectivity index (χ1) is 7.07. The maximum atomic E-state index is 5.68. The fourth-order valence-corrected chi connectivity index (χ4v) is 1.53. The summed E-state index contributed by atoms with van der Waals surface area (Å²) >= 11 is 5.02. The third kappa shape index (κ3) is 2.62. The summed E-state index contributed by atoms with van der Waals surface area (Å²) in [4.78, 5) is 0.365. The molecule has 0 saturated carbocycles. The fourth-order valence-electron chi connectivity index (χ4n) is 1.28. The van der Waals surface area contributed by atoms with Gasteiger partial charge in [-0.05, 0) is 25.8 Å². The van der Waals surface area contributed by atoms with E-state index in [0.717, 1.165) is 29.8 Å². The van der Waals surface area contributed by atoms with Crippen molar-refractivity contribution in [1.29, 1.82) is 0 Å². The number of nitrogens with zero attached hydrogens (tertiary/aromatic N) is 2. The highest BCUT2D eigenvalue weighted by Crippen LogP contribution is 2.17. The highest BCUT2D eigenvalue weighted by molar-refractivity contribution is 7.80. The number of rotatable bonds is 4. The van der Waals surface area contributed by atoms with Crippen LogP contribution in [-0.2, 0) is 0 Å². The van der Waals surface area contributed by atoms with Gasteiger partial charge in [0.15, 0.2) is 5.82 Å². The van der Waals surface area contributed by atoms with E-state index in [1.165, 1.54) is 0 Å². The summed E-state index contributed by atoms with van der Waals surface area (Å²) in [6, 6.07) is 0. The second kappa shape index (κ2) is 5.02. The van der Waals surface area contributed by atoms with Crippen molar-refractivity contribution in [2.75, 3.05) is 11.9 Å². The molecule has 0 aromatic carbocycles. The second-order valence-corrected chi connectivity index (χ2v) is 3.86. The Bertz CT molecular complexity index is 376. The number of nitrogens with one attached hydrogen (secondary N) is 1. The van der Waals surface area contributed by atoms with Crippen LogP contribution in [0.2, 0.25) is 0 Å². The Morgan fingerprint density at radius 1 is 1.40 bits per heavy atom. The van der Waals surface area contributed by atoms with Gasteiger partial charge in [-0.15, -0.1) is 5.10 Å². The van der Waals surface area contributed by atoms with Gasteiger partial charge in [-0.25, -0.2) is 0 Å². The van der Waals surface area contributed by atoms with Gasteiger partial charge >= 0.3 is 0 Å². The monoisotopic (exact) mass is 224 g/mol. The molecule has 0 atom stereocenters. The van der Waals surface area contributed by atoms with Gasteiger partial charge in [0.25, 0.3) is 0 Å². The lowest BCUT2D eigenvalue weighted by atomic mass is 10.1. The molecule has 0 aliphatic heterocycles. The molecule has 4 nitrogen and oxygen atoms in total. The van der Waals surface area contributed by atoms with Crippen molar-refractivity contribution < 1.29 is 0 Å². The number of hydrogen-bond donors (Lipinski definition) is 2. The minimum Gasteiger partial charge on any atom is -0.389 e. The molecule has 0 unspecified atom stereocenters. The molecule has 1 rings (SSSR count). The molecule has 0 aliphatic carbocycles. The normalized spacial score (nSPS) is 10.1. The zero-order chi connectivity index (χ0) is 11.4. The quantitative estimate of drug-likeness (QED) is 0.760. The summed E-state index contributed by atoms with van der Waals surface area (Å²) < 4.78 is 0. The van der Waals surface area contributed by atoms with Crippen LogP contribution in [0.5, 0.6) is 0 Å². The zero-order valence-electron chi connectivity index (χ0n) is 9.29. The minimum atomic E-state index is 0.365. The highest BCUT2D eigenvalue weighted by atomic mass is 32.1. The fraction of sp³-hybridized carbons (Fsp3) is 0.500. The van der Waals surface area contributed by atoms with Gasteiger partial charge in [0.05, 0.1) is 11.3 Å². The summed E-state index contributed by atoms with van der Waals surface area (Å²) in [6.07, 6.45) is 1.02. The minimum absolute atomic E-state index is 0.365. The topological polar surface area (TPSA) is 63.8 Å². The maximum Gasteiger partial charge on any atom is 0.159 e. The largest absolute Gasteiger partial charge is 0.389 e. The van der Waals surface area contributed by atoms with Crippen molar-refractivity contribution in [2.45, 2.75) is 27.2 Å². The molecule has 0 spiro atoms. The molecule has 0 saturated heterocycles. The molecule has 0 radical (unpaired) electrons. The SMILES string of the molecule is CCCNc1nnc(C)c(C)c1C(N)=S. The van der Waals surface area contributed by atoms with E-state index in [9.17, 15) is 0 Å². The number of hydrogen-bond acceptors (Lipinski definition) is 4. The lowest BCUT2D eigenvalue weighted by Crippen LogP contribution is -2.18. The maximum absolute atomic E-state index is 5.68. The molecule has 0 fully saturated rings. The average Bonchev–Trinajstić information content (AvgIpc) is 2.19. The Morgan fingerprint density at radius 2 is 2.07 bits per heavy atom. The van der Waals surface area contributed by atoms with Crippen molar-refractivity contribution in [2.24, 2.45) is 5.73 Å². The highest BCUT2D eigenvalue weighted by Gasteiger charge is 2.12. The Hall–Kier alpha value is -1.23. The zero-order valence-corrected chi connectivity index (χ0v) is 10.1. The molecule has 3 N–H and O–H groups in total. The smallest absolute Gasteiger partial charge is 0.159 e. The second-order valence-electron chi connectivity index (χ2n) is 3.43. The molecular formula is C10H16N4S. The molecular weight excluding hydrogens is 208 g/mol. The first kappa shape index (κ1) is 11.8. The van der Waals surface area contributed by atoms with E-state index in [2.05, 4.69) is 22.4 Å². The van der Waals surface area contributed by atoms with Crippen molar-refractivity contribution in [3.8, 4) is 0 Å². The van der Waals surface area contributed by atoms with E-state index < -0.39 is 0 Å². The van der Waals surface area contributed by atoms with E-state index in [1.54, 1.807) is 0 Å². The van der Waals surface area contributed by atoms with E-state index in [0.29, 0.717) is 10.8 Å². The van der Waals surface area contributed by atoms with Gasteiger partial charge in [-0.2, -0.15) is 5.10 Å². The predicted molar refractivity (Wildman–Crippen MR) is 66.2 cm³/mol. The van der Waals surface area contributed by atoms with Gasteiger partial charge in [-0.3, -0.25) is 0 Å². The van der Waals surface area contributed by atoms with Crippen molar-refractivity contribution >= 4 is 23.0 Å². The molecule has 1 heterocycles. The number of thiocarbonyl (C=S) groups is 1.